The van der Waals surface area contributed by atoms with E-state index in [0.717, 1.165) is 38.1 Å². The molecule has 110 valence electrons. The number of hydrogen-bond donors (Lipinski definition) is 3. The molecule has 1 aromatic carbocycles. The lowest BCUT2D eigenvalue weighted by Gasteiger charge is -2.12. The number of hydrogen-bond acceptors (Lipinski definition) is 3. The van der Waals surface area contributed by atoms with Crippen molar-refractivity contribution >= 4 is 11.7 Å². The van der Waals surface area contributed by atoms with E-state index in [2.05, 4.69) is 16.0 Å². The average molecular weight is 277 g/mol. The van der Waals surface area contributed by atoms with Gasteiger partial charge in [0, 0.05) is 31.9 Å². The molecule has 0 spiro atoms. The van der Waals surface area contributed by atoms with Gasteiger partial charge >= 0.3 is 6.03 Å². The second-order valence-electron chi connectivity index (χ2n) is 4.92. The minimum atomic E-state index is -0.111. The lowest BCUT2D eigenvalue weighted by molar-refractivity contribution is 0.111. The highest BCUT2D eigenvalue weighted by atomic mass is 16.5. The maximum Gasteiger partial charge on any atom is 0.314 e. The molecule has 1 aromatic rings. The summed E-state index contributed by atoms with van der Waals surface area (Å²) in [5, 5.41) is 8.99. The van der Waals surface area contributed by atoms with Gasteiger partial charge in [0.2, 0.25) is 0 Å². The highest BCUT2D eigenvalue weighted by molar-refractivity contribution is 5.73. The molecule has 0 bridgehead atoms. The number of carbonyl (C=O) groups excluding carboxylic acids is 1. The van der Waals surface area contributed by atoms with E-state index < -0.39 is 0 Å². The van der Waals surface area contributed by atoms with Crippen molar-refractivity contribution in [3.63, 3.8) is 0 Å². The Morgan fingerprint density at radius 3 is 2.80 bits per heavy atom. The van der Waals surface area contributed by atoms with Crippen molar-refractivity contribution in [2.75, 3.05) is 31.6 Å². The van der Waals surface area contributed by atoms with Crippen molar-refractivity contribution in [2.45, 2.75) is 25.4 Å². The first-order valence-electron chi connectivity index (χ1n) is 7.27. The van der Waals surface area contributed by atoms with E-state index in [9.17, 15) is 4.79 Å². The minimum Gasteiger partial charge on any atom is -0.385 e. The predicted octanol–water partition coefficient (Wildman–Crippen LogP) is 1.97. The Kier molecular flexibility index (Phi) is 6.17. The molecule has 0 aromatic heterocycles. The topological polar surface area (TPSA) is 62.4 Å². The summed E-state index contributed by atoms with van der Waals surface area (Å²) in [7, 11) is 0. The van der Waals surface area contributed by atoms with Crippen LogP contribution in [0.5, 0.6) is 0 Å². The van der Waals surface area contributed by atoms with Gasteiger partial charge in [-0.25, -0.2) is 4.79 Å². The van der Waals surface area contributed by atoms with Crippen LogP contribution in [0.15, 0.2) is 30.3 Å². The number of anilines is 1. The van der Waals surface area contributed by atoms with Gasteiger partial charge in [0.15, 0.2) is 0 Å². The molecule has 5 heteroatoms. The molecule has 2 rings (SSSR count). The number of nitrogens with one attached hydrogen (secondary N) is 3. The van der Waals surface area contributed by atoms with Crippen molar-refractivity contribution in [1.29, 1.82) is 0 Å². The maximum atomic E-state index is 11.5. The third-order valence-corrected chi connectivity index (χ3v) is 3.26. The molecule has 1 saturated heterocycles. The van der Waals surface area contributed by atoms with Crippen LogP contribution < -0.4 is 16.0 Å². The number of benzene rings is 1. The van der Waals surface area contributed by atoms with Crippen molar-refractivity contribution < 1.29 is 9.53 Å². The van der Waals surface area contributed by atoms with Gasteiger partial charge in [-0.05, 0) is 31.4 Å². The average Bonchev–Trinajstić information content (AvgIpc) is 2.99. The third kappa shape index (κ3) is 5.48. The van der Waals surface area contributed by atoms with Crippen LogP contribution in [0.1, 0.15) is 19.3 Å². The summed E-state index contributed by atoms with van der Waals surface area (Å²) >= 11 is 0. The number of urea groups is 1. The van der Waals surface area contributed by atoms with Gasteiger partial charge in [-0.1, -0.05) is 18.2 Å². The zero-order chi connectivity index (χ0) is 14.0. The Morgan fingerprint density at radius 2 is 2.05 bits per heavy atom. The molecule has 1 aliphatic rings. The van der Waals surface area contributed by atoms with E-state index in [1.54, 1.807) is 0 Å². The molecule has 2 amide bonds. The van der Waals surface area contributed by atoms with Crippen LogP contribution in [0.3, 0.4) is 0 Å². The molecule has 3 N–H and O–H groups in total. The smallest absolute Gasteiger partial charge is 0.314 e. The van der Waals surface area contributed by atoms with E-state index in [-0.39, 0.29) is 12.1 Å². The van der Waals surface area contributed by atoms with Crippen LogP contribution in [-0.2, 0) is 4.74 Å². The fraction of sp³-hybridized carbons (Fsp3) is 0.533. The SMILES string of the molecule is O=C(NCCCNc1ccccc1)NC[C@H]1CCCO1. The standard InChI is InChI=1S/C15H23N3O2/c19-15(18-12-14-8-4-11-20-14)17-10-5-9-16-13-6-2-1-3-7-13/h1-3,6-7,14,16H,4-5,8-12H2,(H2,17,18,19)/t14-/m1/s1. The fourth-order valence-electron chi connectivity index (χ4n) is 2.15. The Labute approximate surface area is 120 Å². The molecule has 1 atom stereocenters. The van der Waals surface area contributed by atoms with E-state index in [1.165, 1.54) is 0 Å². The molecule has 0 saturated carbocycles. The van der Waals surface area contributed by atoms with Gasteiger partial charge in [-0.2, -0.15) is 0 Å². The Balaban J connectivity index is 1.47. The largest absolute Gasteiger partial charge is 0.385 e. The summed E-state index contributed by atoms with van der Waals surface area (Å²) in [6.45, 7) is 2.93. The van der Waals surface area contributed by atoms with Crippen molar-refractivity contribution in [3.05, 3.63) is 30.3 Å². The van der Waals surface area contributed by atoms with Gasteiger partial charge in [0.25, 0.3) is 0 Å². The summed E-state index contributed by atoms with van der Waals surface area (Å²) in [4.78, 5) is 11.5. The monoisotopic (exact) mass is 277 g/mol. The van der Waals surface area contributed by atoms with Gasteiger partial charge in [0.05, 0.1) is 6.10 Å². The van der Waals surface area contributed by atoms with Crippen LogP contribution >= 0.6 is 0 Å². The van der Waals surface area contributed by atoms with Gasteiger partial charge in [-0.3, -0.25) is 0 Å². The fourth-order valence-corrected chi connectivity index (χ4v) is 2.15. The summed E-state index contributed by atoms with van der Waals surface area (Å²) in [5.41, 5.74) is 1.11. The minimum absolute atomic E-state index is 0.111. The molecule has 20 heavy (non-hydrogen) atoms. The van der Waals surface area contributed by atoms with Gasteiger partial charge in [0.1, 0.15) is 0 Å². The Hall–Kier alpha value is -1.75. The summed E-state index contributed by atoms with van der Waals surface area (Å²) < 4.78 is 5.44. The molecule has 0 radical (unpaired) electrons. The molecular weight excluding hydrogens is 254 g/mol. The predicted molar refractivity (Wildman–Crippen MR) is 79.9 cm³/mol. The Bertz CT molecular complexity index is 391. The zero-order valence-electron chi connectivity index (χ0n) is 11.7. The number of carbonyl (C=O) groups is 1. The quantitative estimate of drug-likeness (QED) is 0.668. The van der Waals surface area contributed by atoms with Crippen LogP contribution in [0.25, 0.3) is 0 Å². The second kappa shape index (κ2) is 8.43. The van der Waals surface area contributed by atoms with E-state index in [4.69, 9.17) is 4.74 Å². The van der Waals surface area contributed by atoms with Crippen LogP contribution in [0, 0.1) is 0 Å². The summed E-state index contributed by atoms with van der Waals surface area (Å²) in [5.74, 6) is 0. The highest BCUT2D eigenvalue weighted by Gasteiger charge is 2.15. The molecule has 1 fully saturated rings. The van der Waals surface area contributed by atoms with E-state index >= 15 is 0 Å². The molecule has 0 aliphatic carbocycles. The molecular formula is C15H23N3O2. The first-order valence-corrected chi connectivity index (χ1v) is 7.27. The molecule has 0 unspecified atom stereocenters. The van der Waals surface area contributed by atoms with Crippen molar-refractivity contribution in [2.24, 2.45) is 0 Å². The summed E-state index contributed by atoms with van der Waals surface area (Å²) in [6, 6.07) is 9.94. The van der Waals surface area contributed by atoms with Crippen LogP contribution in [0.4, 0.5) is 10.5 Å². The number of rotatable bonds is 7. The van der Waals surface area contributed by atoms with Crippen molar-refractivity contribution in [1.82, 2.24) is 10.6 Å². The maximum absolute atomic E-state index is 11.5. The Morgan fingerprint density at radius 1 is 1.20 bits per heavy atom. The highest BCUT2D eigenvalue weighted by Crippen LogP contribution is 2.10. The molecule has 1 heterocycles. The molecule has 1 aliphatic heterocycles. The van der Waals surface area contributed by atoms with Crippen LogP contribution in [0.2, 0.25) is 0 Å². The van der Waals surface area contributed by atoms with Gasteiger partial charge in [-0.15, -0.1) is 0 Å². The lowest BCUT2D eigenvalue weighted by Crippen LogP contribution is -2.40. The second-order valence-corrected chi connectivity index (χ2v) is 4.92. The molecule has 5 nitrogen and oxygen atoms in total. The first-order chi connectivity index (χ1) is 9.84. The summed E-state index contributed by atoms with van der Waals surface area (Å²) in [6.07, 6.45) is 3.23. The van der Waals surface area contributed by atoms with Gasteiger partial charge < -0.3 is 20.7 Å². The number of ether oxygens (including phenoxy) is 1. The van der Waals surface area contributed by atoms with Crippen LogP contribution in [-0.4, -0.2) is 38.4 Å². The van der Waals surface area contributed by atoms with E-state index in [0.29, 0.717) is 13.1 Å². The number of amides is 2. The van der Waals surface area contributed by atoms with Crippen molar-refractivity contribution in [3.8, 4) is 0 Å². The normalized spacial score (nSPS) is 17.7. The van der Waals surface area contributed by atoms with E-state index in [1.807, 2.05) is 30.3 Å². The third-order valence-electron chi connectivity index (χ3n) is 3.26. The number of para-hydroxylation sites is 1. The lowest BCUT2D eigenvalue weighted by atomic mass is 10.2. The zero-order valence-corrected chi connectivity index (χ0v) is 11.7. The first kappa shape index (κ1) is 14.7.